The highest BCUT2D eigenvalue weighted by atomic mass is 19.4. The van der Waals surface area contributed by atoms with Crippen LogP contribution in [0, 0.1) is 12.8 Å². The highest BCUT2D eigenvalue weighted by molar-refractivity contribution is 5.76. The lowest BCUT2D eigenvalue weighted by Crippen LogP contribution is -2.44. The average Bonchev–Trinajstić information content (AvgIpc) is 2.61. The lowest BCUT2D eigenvalue weighted by atomic mass is 9.92. The second-order valence-corrected chi connectivity index (χ2v) is 7.53. The SMILES string of the molecule is Cc1nc(N2CCC(CC(=O)N3CCC(F)(F)CC3)CC2)cc(C(F)(F)F)n1. The molecule has 5 nitrogen and oxygen atoms in total. The first kappa shape index (κ1) is 20.7. The van der Waals surface area contributed by atoms with E-state index in [-0.39, 0.29) is 55.8 Å². The van der Waals surface area contributed by atoms with Gasteiger partial charge in [-0.2, -0.15) is 13.2 Å². The molecule has 2 aliphatic heterocycles. The number of anilines is 1. The molecular weight excluding hydrogens is 383 g/mol. The zero-order chi connectivity index (χ0) is 20.5. The Hall–Kier alpha value is -2.00. The molecule has 3 rings (SSSR count). The monoisotopic (exact) mass is 406 g/mol. The number of aromatic nitrogens is 2. The smallest absolute Gasteiger partial charge is 0.356 e. The van der Waals surface area contributed by atoms with Gasteiger partial charge in [0, 0.05) is 51.5 Å². The second kappa shape index (κ2) is 7.79. The molecule has 0 aromatic carbocycles. The zero-order valence-electron chi connectivity index (χ0n) is 15.6. The number of aryl methyl sites for hydroxylation is 1. The van der Waals surface area contributed by atoms with Crippen molar-refractivity contribution in [2.45, 2.75) is 51.1 Å². The summed E-state index contributed by atoms with van der Waals surface area (Å²) in [6.45, 7) is 2.55. The minimum atomic E-state index is -4.53. The van der Waals surface area contributed by atoms with Crippen molar-refractivity contribution in [1.82, 2.24) is 14.9 Å². The Bertz CT molecular complexity index is 706. The molecule has 3 heterocycles. The summed E-state index contributed by atoms with van der Waals surface area (Å²) in [5.41, 5.74) is -0.964. The fourth-order valence-corrected chi connectivity index (χ4v) is 3.68. The number of carbonyl (C=O) groups excluding carboxylic acids is 1. The molecule has 0 spiro atoms. The molecule has 10 heteroatoms. The largest absolute Gasteiger partial charge is 0.433 e. The maximum atomic E-state index is 13.2. The summed E-state index contributed by atoms with van der Waals surface area (Å²) in [7, 11) is 0. The molecule has 0 unspecified atom stereocenters. The van der Waals surface area contributed by atoms with Gasteiger partial charge in [0.1, 0.15) is 17.3 Å². The van der Waals surface area contributed by atoms with E-state index >= 15 is 0 Å². The van der Waals surface area contributed by atoms with Crippen LogP contribution in [0.15, 0.2) is 6.07 Å². The summed E-state index contributed by atoms with van der Waals surface area (Å²) in [6.07, 6.45) is -3.56. The van der Waals surface area contributed by atoms with E-state index in [1.54, 1.807) is 4.90 Å². The van der Waals surface area contributed by atoms with Gasteiger partial charge in [0.25, 0.3) is 5.92 Å². The van der Waals surface area contributed by atoms with Crippen molar-refractivity contribution in [1.29, 1.82) is 0 Å². The van der Waals surface area contributed by atoms with Gasteiger partial charge in [-0.05, 0) is 25.7 Å². The van der Waals surface area contributed by atoms with E-state index in [9.17, 15) is 26.7 Å². The van der Waals surface area contributed by atoms with Crippen LogP contribution in [0.2, 0.25) is 0 Å². The van der Waals surface area contributed by atoms with Gasteiger partial charge in [0.15, 0.2) is 0 Å². The molecule has 0 aliphatic carbocycles. The number of hydrogen-bond acceptors (Lipinski definition) is 4. The Kier molecular flexibility index (Phi) is 5.77. The van der Waals surface area contributed by atoms with Crippen molar-refractivity contribution in [3.63, 3.8) is 0 Å². The van der Waals surface area contributed by atoms with Crippen molar-refractivity contribution < 1.29 is 26.7 Å². The molecule has 1 aromatic rings. The van der Waals surface area contributed by atoms with Crippen LogP contribution in [0.1, 0.15) is 43.6 Å². The van der Waals surface area contributed by atoms with Crippen LogP contribution in [0.5, 0.6) is 0 Å². The van der Waals surface area contributed by atoms with E-state index in [0.717, 1.165) is 6.07 Å². The number of halogens is 5. The number of hydrogen-bond donors (Lipinski definition) is 0. The summed E-state index contributed by atoms with van der Waals surface area (Å²) < 4.78 is 65.3. The summed E-state index contributed by atoms with van der Waals surface area (Å²) in [4.78, 5) is 23.2. The predicted molar refractivity (Wildman–Crippen MR) is 92.1 cm³/mol. The average molecular weight is 406 g/mol. The van der Waals surface area contributed by atoms with Crippen LogP contribution < -0.4 is 4.90 Å². The number of likely N-dealkylation sites (tertiary alicyclic amines) is 1. The maximum absolute atomic E-state index is 13.2. The van der Waals surface area contributed by atoms with E-state index in [0.29, 0.717) is 25.9 Å². The first-order valence-electron chi connectivity index (χ1n) is 9.37. The fraction of sp³-hybridized carbons (Fsp3) is 0.722. The third-order valence-corrected chi connectivity index (χ3v) is 5.36. The standard InChI is InChI=1S/C18H23F5N4O/c1-12-24-14(18(21,22)23)11-15(25-12)26-6-2-13(3-7-26)10-16(28)27-8-4-17(19,20)5-9-27/h11,13H,2-10H2,1H3. The number of nitrogens with zero attached hydrogens (tertiary/aromatic N) is 4. The van der Waals surface area contributed by atoms with Crippen molar-refractivity contribution in [3.05, 3.63) is 17.6 Å². The van der Waals surface area contributed by atoms with Gasteiger partial charge in [-0.1, -0.05) is 0 Å². The van der Waals surface area contributed by atoms with E-state index < -0.39 is 17.8 Å². The van der Waals surface area contributed by atoms with E-state index in [1.165, 1.54) is 11.8 Å². The molecule has 2 saturated heterocycles. The second-order valence-electron chi connectivity index (χ2n) is 7.53. The molecule has 2 aliphatic rings. The quantitative estimate of drug-likeness (QED) is 0.719. The highest BCUT2D eigenvalue weighted by Crippen LogP contribution is 2.32. The van der Waals surface area contributed by atoms with E-state index in [1.807, 2.05) is 0 Å². The van der Waals surface area contributed by atoms with Crippen LogP contribution >= 0.6 is 0 Å². The third-order valence-electron chi connectivity index (χ3n) is 5.36. The van der Waals surface area contributed by atoms with Gasteiger partial charge >= 0.3 is 6.18 Å². The van der Waals surface area contributed by atoms with Gasteiger partial charge < -0.3 is 9.80 Å². The topological polar surface area (TPSA) is 49.3 Å². The Morgan fingerprint density at radius 2 is 1.75 bits per heavy atom. The van der Waals surface area contributed by atoms with Gasteiger partial charge in [0.2, 0.25) is 5.91 Å². The first-order chi connectivity index (χ1) is 13.0. The molecule has 28 heavy (non-hydrogen) atoms. The molecule has 0 bridgehead atoms. The molecule has 1 amide bonds. The summed E-state index contributed by atoms with van der Waals surface area (Å²) in [6, 6.07) is 0.951. The number of alkyl halides is 5. The van der Waals surface area contributed by atoms with Crippen molar-refractivity contribution in [3.8, 4) is 0 Å². The maximum Gasteiger partial charge on any atom is 0.433 e. The number of carbonyl (C=O) groups is 1. The molecule has 0 atom stereocenters. The lowest BCUT2D eigenvalue weighted by Gasteiger charge is -2.35. The van der Waals surface area contributed by atoms with Gasteiger partial charge in [-0.15, -0.1) is 0 Å². The van der Waals surface area contributed by atoms with Crippen LogP contribution in [0.4, 0.5) is 27.8 Å². The number of rotatable bonds is 3. The summed E-state index contributed by atoms with van der Waals surface area (Å²) in [5, 5.41) is 0. The van der Waals surface area contributed by atoms with E-state index in [2.05, 4.69) is 9.97 Å². The first-order valence-corrected chi connectivity index (χ1v) is 9.37. The molecule has 0 N–H and O–H groups in total. The molecule has 0 saturated carbocycles. The normalized spacial score (nSPS) is 21.1. The van der Waals surface area contributed by atoms with Crippen LogP contribution in [-0.4, -0.2) is 52.9 Å². The minimum Gasteiger partial charge on any atom is -0.356 e. The van der Waals surface area contributed by atoms with Gasteiger partial charge in [0.05, 0.1) is 0 Å². The Labute approximate surface area is 159 Å². The summed E-state index contributed by atoms with van der Waals surface area (Å²) in [5.74, 6) is -2.41. The Morgan fingerprint density at radius 1 is 1.14 bits per heavy atom. The molecule has 2 fully saturated rings. The predicted octanol–water partition coefficient (Wildman–Crippen LogP) is 3.67. The molecular formula is C18H23F5N4O. The van der Waals surface area contributed by atoms with Crippen LogP contribution in [0.3, 0.4) is 0 Å². The number of piperidine rings is 2. The van der Waals surface area contributed by atoms with Crippen molar-refractivity contribution in [2.75, 3.05) is 31.1 Å². The summed E-state index contributed by atoms with van der Waals surface area (Å²) >= 11 is 0. The molecule has 0 radical (unpaired) electrons. The van der Waals surface area contributed by atoms with Crippen LogP contribution in [0.25, 0.3) is 0 Å². The fourth-order valence-electron chi connectivity index (χ4n) is 3.68. The van der Waals surface area contributed by atoms with Crippen LogP contribution in [-0.2, 0) is 11.0 Å². The third kappa shape index (κ3) is 5.08. The van der Waals surface area contributed by atoms with Crippen molar-refractivity contribution in [2.24, 2.45) is 5.92 Å². The zero-order valence-corrected chi connectivity index (χ0v) is 15.6. The van der Waals surface area contributed by atoms with Gasteiger partial charge in [-0.25, -0.2) is 18.7 Å². The minimum absolute atomic E-state index is 0.0593. The highest BCUT2D eigenvalue weighted by Gasteiger charge is 2.37. The molecule has 156 valence electrons. The lowest BCUT2D eigenvalue weighted by molar-refractivity contribution is -0.141. The Morgan fingerprint density at radius 3 is 2.32 bits per heavy atom. The molecule has 1 aromatic heterocycles. The van der Waals surface area contributed by atoms with Crippen molar-refractivity contribution >= 4 is 11.7 Å². The van der Waals surface area contributed by atoms with Gasteiger partial charge in [-0.3, -0.25) is 4.79 Å². The number of amides is 1. The Balaban J connectivity index is 1.54. The van der Waals surface area contributed by atoms with E-state index in [4.69, 9.17) is 0 Å².